The minimum absolute atomic E-state index is 0.0273. The zero-order valence-electron chi connectivity index (χ0n) is 25.0. The zero-order valence-corrected chi connectivity index (χ0v) is 25.0. The first kappa shape index (κ1) is 35.1. The third-order valence-electron chi connectivity index (χ3n) is 10.4. The van der Waals surface area contributed by atoms with Crippen molar-refractivity contribution >= 4 is 5.91 Å². The standard InChI is InChI=1S/C27H51N7O11/c28-5-12-19(37)22(40)17(33-6-8-1-9(29)2-8)24(43-12)15-10(30)3-11(34-26(41)27(42)4-14(27)31)23(20(15)38)45-25-21(39)16(32)18(36)13(7-35)44-25/h8-25,33,35-40,42H,1-7,28-32H2,(H,34,41)/t8?,9?,10-,11+,12+,13+,14+,15?,16-,17+,18+,19+,20-,21+,22+,23-,24+,25+,27?/m0/s1. The Morgan fingerprint density at radius 1 is 0.911 bits per heavy atom. The van der Waals surface area contributed by atoms with Crippen LogP contribution in [0.25, 0.3) is 0 Å². The fourth-order valence-electron chi connectivity index (χ4n) is 7.28. The van der Waals surface area contributed by atoms with Gasteiger partial charge in [-0.25, -0.2) is 0 Å². The number of amides is 1. The fourth-order valence-corrected chi connectivity index (χ4v) is 7.28. The Morgan fingerprint density at radius 3 is 2.16 bits per heavy atom. The van der Waals surface area contributed by atoms with Gasteiger partial charge >= 0.3 is 0 Å². The molecular formula is C27H51N7O11. The van der Waals surface area contributed by atoms with Crippen molar-refractivity contribution in [2.75, 3.05) is 19.7 Å². The van der Waals surface area contributed by atoms with E-state index in [9.17, 15) is 40.5 Å². The van der Waals surface area contributed by atoms with Crippen LogP contribution in [0.2, 0.25) is 0 Å². The van der Waals surface area contributed by atoms with Crippen LogP contribution in [0, 0.1) is 11.8 Å². The minimum Gasteiger partial charge on any atom is -0.394 e. The average Bonchev–Trinajstić information content (AvgIpc) is 3.61. The van der Waals surface area contributed by atoms with Crippen LogP contribution >= 0.6 is 0 Å². The first-order chi connectivity index (χ1) is 21.2. The highest BCUT2D eigenvalue weighted by molar-refractivity contribution is 5.89. The lowest BCUT2D eigenvalue weighted by molar-refractivity contribution is -0.308. The molecule has 2 unspecified atom stereocenters. The molecule has 2 aliphatic heterocycles. The van der Waals surface area contributed by atoms with E-state index in [1.807, 2.05) is 0 Å². The lowest BCUT2D eigenvalue weighted by Crippen LogP contribution is -2.73. The Labute approximate surface area is 260 Å². The van der Waals surface area contributed by atoms with Crippen LogP contribution in [0.15, 0.2) is 0 Å². The Hall–Kier alpha value is -1.17. The highest BCUT2D eigenvalue weighted by atomic mass is 16.7. The molecule has 260 valence electrons. The molecule has 2 heterocycles. The number of carbonyl (C=O) groups excluding carboxylic acids is 1. The summed E-state index contributed by atoms with van der Waals surface area (Å²) in [5, 5.41) is 81.2. The van der Waals surface area contributed by atoms with Gasteiger partial charge in [-0.15, -0.1) is 0 Å². The molecule has 3 saturated carbocycles. The van der Waals surface area contributed by atoms with E-state index < -0.39 is 115 Å². The van der Waals surface area contributed by atoms with Crippen LogP contribution in [0.4, 0.5) is 0 Å². The van der Waals surface area contributed by atoms with Gasteiger partial charge in [-0.2, -0.15) is 0 Å². The van der Waals surface area contributed by atoms with Crippen molar-refractivity contribution in [3.63, 3.8) is 0 Å². The Bertz CT molecular complexity index is 1030. The van der Waals surface area contributed by atoms with Gasteiger partial charge in [0.1, 0.15) is 36.6 Å². The Morgan fingerprint density at radius 2 is 1.58 bits per heavy atom. The molecule has 5 aliphatic rings. The second kappa shape index (κ2) is 13.7. The summed E-state index contributed by atoms with van der Waals surface area (Å²) in [6, 6.07) is -4.81. The van der Waals surface area contributed by atoms with E-state index in [0.717, 1.165) is 12.8 Å². The molecule has 3 aliphatic carbocycles. The van der Waals surface area contributed by atoms with Crippen molar-refractivity contribution in [1.82, 2.24) is 10.6 Å². The predicted molar refractivity (Wildman–Crippen MR) is 154 cm³/mol. The van der Waals surface area contributed by atoms with Gasteiger partial charge in [-0.3, -0.25) is 4.79 Å². The van der Waals surface area contributed by atoms with Crippen LogP contribution in [0.1, 0.15) is 25.7 Å². The quantitative estimate of drug-likeness (QED) is 0.104. The summed E-state index contributed by atoms with van der Waals surface area (Å²) in [6.45, 7) is -0.335. The van der Waals surface area contributed by atoms with Gasteiger partial charge in [0.15, 0.2) is 11.9 Å². The lowest BCUT2D eigenvalue weighted by atomic mass is 9.71. The van der Waals surface area contributed by atoms with E-state index >= 15 is 0 Å². The molecule has 17 atom stereocenters. The van der Waals surface area contributed by atoms with Gasteiger partial charge in [0.05, 0.1) is 43.0 Å². The molecular weight excluding hydrogens is 598 g/mol. The summed E-state index contributed by atoms with van der Waals surface area (Å²) in [4.78, 5) is 13.0. The molecule has 5 fully saturated rings. The van der Waals surface area contributed by atoms with Crippen molar-refractivity contribution in [3.8, 4) is 0 Å². The lowest BCUT2D eigenvalue weighted by Gasteiger charge is -2.53. The molecule has 18 nitrogen and oxygen atoms in total. The third kappa shape index (κ3) is 6.75. The Balaban J connectivity index is 1.42. The van der Waals surface area contributed by atoms with E-state index in [1.54, 1.807) is 0 Å². The molecule has 2 saturated heterocycles. The van der Waals surface area contributed by atoms with Gasteiger partial charge in [-0.05, 0) is 31.7 Å². The topological polar surface area (TPSA) is 341 Å². The van der Waals surface area contributed by atoms with Crippen molar-refractivity contribution in [3.05, 3.63) is 0 Å². The maximum absolute atomic E-state index is 13.0. The molecule has 19 N–H and O–H groups in total. The maximum Gasteiger partial charge on any atom is 0.253 e. The molecule has 0 aromatic carbocycles. The van der Waals surface area contributed by atoms with E-state index in [4.69, 9.17) is 42.9 Å². The number of aliphatic hydroxyl groups excluding tert-OH is 6. The molecule has 45 heavy (non-hydrogen) atoms. The fraction of sp³-hybridized carbons (Fsp3) is 0.963. The summed E-state index contributed by atoms with van der Waals surface area (Å²) < 4.78 is 17.9. The molecule has 0 bridgehead atoms. The van der Waals surface area contributed by atoms with E-state index in [2.05, 4.69) is 10.6 Å². The molecule has 0 spiro atoms. The molecule has 0 radical (unpaired) electrons. The number of rotatable bonds is 10. The van der Waals surface area contributed by atoms with E-state index in [0.29, 0.717) is 6.54 Å². The number of nitrogens with two attached hydrogens (primary N) is 5. The summed E-state index contributed by atoms with van der Waals surface area (Å²) in [5.74, 6) is -1.55. The number of hydrogen-bond acceptors (Lipinski definition) is 17. The van der Waals surface area contributed by atoms with Crippen molar-refractivity contribution in [1.29, 1.82) is 0 Å². The van der Waals surface area contributed by atoms with Crippen molar-refractivity contribution in [2.24, 2.45) is 40.5 Å². The first-order valence-corrected chi connectivity index (χ1v) is 15.7. The molecule has 1 amide bonds. The smallest absolute Gasteiger partial charge is 0.253 e. The second-order valence-corrected chi connectivity index (χ2v) is 13.6. The van der Waals surface area contributed by atoms with Crippen LogP contribution in [-0.2, 0) is 19.0 Å². The van der Waals surface area contributed by atoms with Gasteiger partial charge in [0.2, 0.25) is 0 Å². The second-order valence-electron chi connectivity index (χ2n) is 13.6. The third-order valence-corrected chi connectivity index (χ3v) is 10.4. The molecule has 0 aromatic heterocycles. The molecule has 18 heteroatoms. The highest BCUT2D eigenvalue weighted by Crippen LogP contribution is 2.39. The largest absolute Gasteiger partial charge is 0.394 e. The number of carbonyl (C=O) groups is 1. The van der Waals surface area contributed by atoms with Gasteiger partial charge in [-0.1, -0.05) is 0 Å². The normalized spacial score (nSPS) is 53.4. The van der Waals surface area contributed by atoms with Crippen LogP contribution < -0.4 is 39.3 Å². The highest BCUT2D eigenvalue weighted by Gasteiger charge is 2.60. The predicted octanol–water partition coefficient (Wildman–Crippen LogP) is -8.06. The zero-order chi connectivity index (χ0) is 33.0. The van der Waals surface area contributed by atoms with Crippen LogP contribution in [-0.4, -0.2) is 164 Å². The van der Waals surface area contributed by atoms with E-state index in [1.165, 1.54) is 0 Å². The number of aliphatic hydroxyl groups is 7. The van der Waals surface area contributed by atoms with E-state index in [-0.39, 0.29) is 31.3 Å². The number of ether oxygens (including phenoxy) is 3. The number of nitrogens with one attached hydrogen (secondary N) is 2. The van der Waals surface area contributed by atoms with Crippen molar-refractivity contribution < 1.29 is 54.8 Å². The minimum atomic E-state index is -1.81. The molecule has 5 rings (SSSR count). The summed E-state index contributed by atoms with van der Waals surface area (Å²) in [5.41, 5.74) is 28.3. The molecule has 0 aromatic rings. The monoisotopic (exact) mass is 649 g/mol. The maximum atomic E-state index is 13.0. The summed E-state index contributed by atoms with van der Waals surface area (Å²) in [6.07, 6.45) is -11.8. The number of hydrogen-bond donors (Lipinski definition) is 14. The van der Waals surface area contributed by atoms with Gasteiger partial charge < -0.3 is 89.3 Å². The van der Waals surface area contributed by atoms with Crippen LogP contribution in [0.5, 0.6) is 0 Å². The van der Waals surface area contributed by atoms with Gasteiger partial charge in [0, 0.05) is 37.0 Å². The van der Waals surface area contributed by atoms with Gasteiger partial charge in [0.25, 0.3) is 5.91 Å². The summed E-state index contributed by atoms with van der Waals surface area (Å²) >= 11 is 0. The summed E-state index contributed by atoms with van der Waals surface area (Å²) in [7, 11) is 0. The first-order valence-electron chi connectivity index (χ1n) is 15.7. The van der Waals surface area contributed by atoms with Crippen LogP contribution in [0.3, 0.4) is 0 Å². The van der Waals surface area contributed by atoms with Crippen molar-refractivity contribution in [2.45, 2.75) is 129 Å². The Kier molecular flexibility index (Phi) is 10.7. The SMILES string of the molecule is NC[C@H]1O[C@H](C2[C@@H](N)C[C@@H](NC(=O)C3(O)C[C@H]3N)[C@H](O[C@H]3O[C@H](CO)[C@@H](O)[C@H](N)[C@H]3O)[C@H]2O)[C@H](NCC2CC(N)C2)[C@@H](O)[C@@H]1O. The average molecular weight is 650 g/mol.